The maximum atomic E-state index is 13.4. The number of ether oxygens (including phenoxy) is 1. The lowest BCUT2D eigenvalue weighted by Gasteiger charge is -2.26. The molecular formula is C22H16F3N3O4S. The van der Waals surface area contributed by atoms with E-state index in [0.29, 0.717) is 10.7 Å². The molecule has 0 aliphatic carbocycles. The number of carbonyl (C=O) groups excluding carboxylic acids is 2. The normalized spacial score (nSPS) is 16.5. The van der Waals surface area contributed by atoms with Gasteiger partial charge in [0.2, 0.25) is 5.78 Å². The van der Waals surface area contributed by atoms with Crippen molar-refractivity contribution in [2.24, 2.45) is 0 Å². The van der Waals surface area contributed by atoms with Crippen LogP contribution in [0.4, 0.5) is 18.9 Å². The number of amides is 1. The van der Waals surface area contributed by atoms with Crippen LogP contribution in [-0.4, -0.2) is 33.1 Å². The van der Waals surface area contributed by atoms with Gasteiger partial charge in [-0.15, -0.1) is 24.5 Å². The fourth-order valence-electron chi connectivity index (χ4n) is 3.62. The molecule has 0 spiro atoms. The van der Waals surface area contributed by atoms with E-state index < -0.39 is 35.6 Å². The quantitative estimate of drug-likeness (QED) is 0.531. The molecule has 3 aromatic rings. The maximum absolute atomic E-state index is 13.4. The van der Waals surface area contributed by atoms with Crippen LogP contribution < -0.4 is 9.64 Å². The Hall–Kier alpha value is -3.73. The molecule has 0 fully saturated rings. The van der Waals surface area contributed by atoms with Gasteiger partial charge in [0, 0.05) is 18.0 Å². The standard InChI is InChI=1S/C22H16F3N3O4S/c1-11-20(33-12(2)27-11)18(29)16-17(15-8-3-4-9-26-15)28(21(31)19(16)30)13-6-5-7-14(10-13)32-22(23,24)25/h3-10,17,30H,1-2H3. The number of benzene rings is 1. The Bertz CT molecular complexity index is 1270. The zero-order chi connectivity index (χ0) is 23.9. The summed E-state index contributed by atoms with van der Waals surface area (Å²) in [6.07, 6.45) is -3.49. The van der Waals surface area contributed by atoms with Gasteiger partial charge in [-0.05, 0) is 38.1 Å². The molecule has 2 aromatic heterocycles. The molecule has 1 aromatic carbocycles. The number of nitrogens with zero attached hydrogens (tertiary/aromatic N) is 3. The van der Waals surface area contributed by atoms with Crippen molar-refractivity contribution >= 4 is 28.7 Å². The number of rotatable bonds is 5. The number of hydrogen-bond acceptors (Lipinski definition) is 7. The minimum Gasteiger partial charge on any atom is -0.503 e. The fourth-order valence-corrected chi connectivity index (χ4v) is 4.49. The van der Waals surface area contributed by atoms with Crippen molar-refractivity contribution < 1.29 is 32.6 Å². The topological polar surface area (TPSA) is 92.6 Å². The predicted molar refractivity (Wildman–Crippen MR) is 113 cm³/mol. The van der Waals surface area contributed by atoms with Crippen LogP contribution in [0.25, 0.3) is 0 Å². The summed E-state index contributed by atoms with van der Waals surface area (Å²) in [5.74, 6) is -2.91. The monoisotopic (exact) mass is 475 g/mol. The molecule has 170 valence electrons. The summed E-state index contributed by atoms with van der Waals surface area (Å²) in [4.78, 5) is 36.2. The number of pyridine rings is 1. The lowest BCUT2D eigenvalue weighted by atomic mass is 9.98. The molecule has 1 amide bonds. The van der Waals surface area contributed by atoms with Crippen molar-refractivity contribution in [3.63, 3.8) is 0 Å². The van der Waals surface area contributed by atoms with Gasteiger partial charge >= 0.3 is 6.36 Å². The second kappa shape index (κ2) is 8.32. The van der Waals surface area contributed by atoms with E-state index in [9.17, 15) is 27.9 Å². The molecule has 33 heavy (non-hydrogen) atoms. The zero-order valence-corrected chi connectivity index (χ0v) is 18.1. The van der Waals surface area contributed by atoms with E-state index >= 15 is 0 Å². The first-order chi connectivity index (χ1) is 15.6. The number of alkyl halides is 3. The molecule has 11 heteroatoms. The number of ketones is 1. The third-order valence-electron chi connectivity index (χ3n) is 4.86. The first-order valence-electron chi connectivity index (χ1n) is 9.59. The van der Waals surface area contributed by atoms with E-state index in [2.05, 4.69) is 14.7 Å². The van der Waals surface area contributed by atoms with Crippen molar-refractivity contribution in [1.82, 2.24) is 9.97 Å². The number of aryl methyl sites for hydroxylation is 2. The number of Topliss-reactive ketones (excluding diaryl/α,β-unsaturated/α-hetero) is 1. The summed E-state index contributed by atoms with van der Waals surface area (Å²) in [7, 11) is 0. The number of thiazole rings is 1. The van der Waals surface area contributed by atoms with Crippen molar-refractivity contribution in [3.8, 4) is 5.75 Å². The highest BCUT2D eigenvalue weighted by Crippen LogP contribution is 2.43. The van der Waals surface area contributed by atoms with Gasteiger partial charge in [-0.25, -0.2) is 4.98 Å². The lowest BCUT2D eigenvalue weighted by Crippen LogP contribution is -2.31. The van der Waals surface area contributed by atoms with E-state index in [1.165, 1.54) is 18.3 Å². The van der Waals surface area contributed by atoms with Crippen molar-refractivity contribution in [2.75, 3.05) is 4.90 Å². The van der Waals surface area contributed by atoms with Gasteiger partial charge in [0.25, 0.3) is 5.91 Å². The number of hydrogen-bond donors (Lipinski definition) is 1. The third-order valence-corrected chi connectivity index (χ3v) is 5.93. The van der Waals surface area contributed by atoms with E-state index in [0.717, 1.165) is 28.4 Å². The van der Waals surface area contributed by atoms with Gasteiger partial charge < -0.3 is 9.84 Å². The molecular weight excluding hydrogens is 459 g/mol. The summed E-state index contributed by atoms with van der Waals surface area (Å²) < 4.78 is 42.1. The molecule has 1 aliphatic rings. The molecule has 1 aliphatic heterocycles. The maximum Gasteiger partial charge on any atom is 0.573 e. The highest BCUT2D eigenvalue weighted by atomic mass is 32.1. The van der Waals surface area contributed by atoms with Gasteiger partial charge in [-0.3, -0.25) is 19.5 Å². The molecule has 0 bridgehead atoms. The van der Waals surface area contributed by atoms with Crippen LogP contribution in [0, 0.1) is 13.8 Å². The molecule has 1 atom stereocenters. The predicted octanol–water partition coefficient (Wildman–Crippen LogP) is 4.84. The summed E-state index contributed by atoms with van der Waals surface area (Å²) in [6.45, 7) is 3.35. The number of aromatic nitrogens is 2. The van der Waals surface area contributed by atoms with E-state index in [1.54, 1.807) is 32.0 Å². The molecule has 0 saturated heterocycles. The molecule has 0 radical (unpaired) electrons. The molecule has 1 N–H and O–H groups in total. The second-order valence-electron chi connectivity index (χ2n) is 7.12. The Morgan fingerprint density at radius 2 is 1.94 bits per heavy atom. The summed E-state index contributed by atoms with van der Waals surface area (Å²) in [5, 5.41) is 11.3. The number of anilines is 1. The third kappa shape index (κ3) is 4.31. The number of aliphatic hydroxyl groups excluding tert-OH is 1. The fraction of sp³-hybridized carbons (Fsp3) is 0.182. The average molecular weight is 475 g/mol. The Balaban J connectivity index is 1.84. The van der Waals surface area contributed by atoms with Crippen LogP contribution in [0.3, 0.4) is 0 Å². The highest BCUT2D eigenvalue weighted by molar-refractivity contribution is 7.14. The molecule has 3 heterocycles. The van der Waals surface area contributed by atoms with Crippen molar-refractivity contribution in [3.05, 3.63) is 81.3 Å². The van der Waals surface area contributed by atoms with E-state index in [4.69, 9.17) is 0 Å². The van der Waals surface area contributed by atoms with Crippen LogP contribution in [0.2, 0.25) is 0 Å². The van der Waals surface area contributed by atoms with Crippen LogP contribution in [-0.2, 0) is 4.79 Å². The summed E-state index contributed by atoms with van der Waals surface area (Å²) >= 11 is 1.11. The Morgan fingerprint density at radius 3 is 2.55 bits per heavy atom. The van der Waals surface area contributed by atoms with Crippen molar-refractivity contribution in [1.29, 1.82) is 0 Å². The van der Waals surface area contributed by atoms with Crippen LogP contribution >= 0.6 is 11.3 Å². The summed E-state index contributed by atoms with van der Waals surface area (Å²) in [5.41, 5.74) is 0.449. The largest absolute Gasteiger partial charge is 0.573 e. The van der Waals surface area contributed by atoms with Gasteiger partial charge in [-0.1, -0.05) is 12.1 Å². The van der Waals surface area contributed by atoms with Crippen LogP contribution in [0.5, 0.6) is 5.75 Å². The Kier molecular flexibility index (Phi) is 5.66. The first-order valence-corrected chi connectivity index (χ1v) is 10.4. The smallest absolute Gasteiger partial charge is 0.503 e. The SMILES string of the molecule is Cc1nc(C)c(C(=O)C2=C(O)C(=O)N(c3cccc(OC(F)(F)F)c3)C2c2ccccn2)s1. The van der Waals surface area contributed by atoms with Gasteiger partial charge in [0.15, 0.2) is 5.76 Å². The minimum atomic E-state index is -4.93. The Morgan fingerprint density at radius 1 is 1.18 bits per heavy atom. The van der Waals surface area contributed by atoms with Crippen LogP contribution in [0.15, 0.2) is 60.0 Å². The van der Waals surface area contributed by atoms with Gasteiger partial charge in [-0.2, -0.15) is 0 Å². The first kappa shape index (κ1) is 22.5. The number of carbonyl (C=O) groups is 2. The highest BCUT2D eigenvalue weighted by Gasteiger charge is 2.46. The Labute approximate surface area is 189 Å². The number of aliphatic hydroxyl groups is 1. The molecule has 0 saturated carbocycles. The minimum absolute atomic E-state index is 0.0102. The second-order valence-corrected chi connectivity index (χ2v) is 8.32. The van der Waals surface area contributed by atoms with Gasteiger partial charge in [0.1, 0.15) is 11.8 Å². The van der Waals surface area contributed by atoms with Crippen molar-refractivity contribution in [2.45, 2.75) is 26.3 Å². The molecule has 1 unspecified atom stereocenters. The zero-order valence-electron chi connectivity index (χ0n) is 17.3. The van der Waals surface area contributed by atoms with E-state index in [-0.39, 0.29) is 21.8 Å². The lowest BCUT2D eigenvalue weighted by molar-refractivity contribution is -0.274. The van der Waals surface area contributed by atoms with Crippen LogP contribution in [0.1, 0.15) is 32.1 Å². The van der Waals surface area contributed by atoms with Gasteiger partial charge in [0.05, 0.1) is 26.8 Å². The average Bonchev–Trinajstić information content (AvgIpc) is 3.23. The molecule has 4 rings (SSSR count). The van der Waals surface area contributed by atoms with E-state index in [1.807, 2.05) is 0 Å². The number of halogens is 3. The molecule has 7 nitrogen and oxygen atoms in total. The summed E-state index contributed by atoms with van der Waals surface area (Å²) in [6, 6.07) is 8.37.